The minimum atomic E-state index is -0.443. The van der Waals surface area contributed by atoms with Crippen LogP contribution in [0.25, 0.3) is 0 Å². The average Bonchev–Trinajstić information content (AvgIpc) is 1.77. The van der Waals surface area contributed by atoms with E-state index in [1.165, 1.54) is 42.5 Å². The van der Waals surface area contributed by atoms with Crippen molar-refractivity contribution in [2.24, 2.45) is 11.8 Å². The van der Waals surface area contributed by atoms with Gasteiger partial charge in [0.25, 0.3) is 17.7 Å². The number of anilines is 6. The number of rotatable bonds is 17. The minimum absolute atomic E-state index is 0.0284. The van der Waals surface area contributed by atoms with Gasteiger partial charge in [0.05, 0.1) is 31.3 Å². The van der Waals surface area contributed by atoms with Gasteiger partial charge in [-0.1, -0.05) is 12.1 Å². The second-order valence-electron chi connectivity index (χ2n) is 25.8. The van der Waals surface area contributed by atoms with E-state index in [4.69, 9.17) is 28.4 Å². The average molecular weight is 1320 g/mol. The van der Waals surface area contributed by atoms with Crippen LogP contribution in [-0.2, 0) is 67.1 Å². The molecule has 0 radical (unpaired) electrons. The van der Waals surface area contributed by atoms with E-state index >= 15 is 0 Å². The number of carbonyl (C=O) groups excluding carboxylic acids is 6. The highest BCUT2D eigenvalue weighted by molar-refractivity contribution is 5.97. The van der Waals surface area contributed by atoms with E-state index in [-0.39, 0.29) is 55.9 Å². The van der Waals surface area contributed by atoms with Crippen LogP contribution >= 0.6 is 0 Å². The van der Waals surface area contributed by atoms with Gasteiger partial charge in [-0.3, -0.25) is 34.1 Å². The van der Waals surface area contributed by atoms with Crippen molar-refractivity contribution in [2.45, 2.75) is 120 Å². The zero-order valence-corrected chi connectivity index (χ0v) is 53.3. The number of nitriles is 2. The summed E-state index contributed by atoms with van der Waals surface area (Å²) in [7, 11) is 0. The molecule has 0 spiro atoms. The number of aromatic nitrogens is 5. The van der Waals surface area contributed by atoms with Crippen LogP contribution in [0.4, 0.5) is 49.3 Å². The second kappa shape index (κ2) is 28.0. The monoisotopic (exact) mass is 1320 g/mol. The lowest BCUT2D eigenvalue weighted by Crippen LogP contribution is -2.48. The van der Waals surface area contributed by atoms with Crippen LogP contribution in [0.3, 0.4) is 0 Å². The van der Waals surface area contributed by atoms with Gasteiger partial charge in [-0.25, -0.2) is 34.3 Å². The van der Waals surface area contributed by atoms with Gasteiger partial charge in [0.1, 0.15) is 47.5 Å². The lowest BCUT2D eigenvalue weighted by atomic mass is 9.76. The Balaban J connectivity index is 0.000000125. The molecule has 10 aliphatic rings. The maximum atomic E-state index is 12.5. The number of hydrogen-bond acceptors (Lipinski definition) is 22. The highest BCUT2D eigenvalue weighted by Crippen LogP contribution is 2.39. The molecular weight excluding hydrogens is 1240 g/mol. The predicted molar refractivity (Wildman–Crippen MR) is 349 cm³/mol. The fourth-order valence-corrected chi connectivity index (χ4v) is 14.3. The van der Waals surface area contributed by atoms with Gasteiger partial charge in [0, 0.05) is 42.1 Å². The third-order valence-electron chi connectivity index (χ3n) is 19.3. The topological polar surface area (TPSA) is 352 Å². The van der Waals surface area contributed by atoms with E-state index in [0.717, 1.165) is 114 Å². The zero-order valence-electron chi connectivity index (χ0n) is 53.3. The van der Waals surface area contributed by atoms with Crippen LogP contribution < -0.4 is 60.8 Å². The molecule has 500 valence electrons. The standard InChI is InChI=1S/C25H25N5O4.C22H22N6O4.C22H25N5O4/c26-10-16-3-1-2-15-6-14(7-19(15)16)11-27-18-8-17(9-18)21-12-30(25(32)34-21)22-5-4-20-24(28-22)29-23(31)13-33-20;23-10-17-16-9-14(8-13(16)5-7-25-17)24-6-1-2-15-11-28(22(30)32-15)19-4-3-18-21(26-19)27-20(29)12-31-18;1-13-17-10-15(9-14(17)6-8-23-13)24-7-2-3-16-11-27(22(29)31-16)19-5-4-18-21(25-19)26-20(28)12-30-18/h1-5,14,17-18,21,27H,6-9,11-13H2,(H,28,29,31);3-5,7,14-15,24H,1-2,6,8-9,11-12H2,(H,26,27,29);4-6,8,15-16,24H,2-3,7,9-12H2,1H3,(H,25,26,28)/t14?,17-,18+,21?;;. The van der Waals surface area contributed by atoms with Crippen LogP contribution in [0.15, 0.2) is 79.1 Å². The molecule has 6 unspecified atom stereocenters. The van der Waals surface area contributed by atoms with Gasteiger partial charge in [-0.2, -0.15) is 10.5 Å². The molecule has 6 aromatic rings. The Labute approximate surface area is 558 Å². The van der Waals surface area contributed by atoms with Gasteiger partial charge >= 0.3 is 18.3 Å². The third kappa shape index (κ3) is 14.2. The first-order valence-electron chi connectivity index (χ1n) is 33.0. The van der Waals surface area contributed by atoms with Crippen molar-refractivity contribution < 1.29 is 57.2 Å². The number of carbonyl (C=O) groups is 6. The maximum Gasteiger partial charge on any atom is 0.415 e. The molecule has 6 aliphatic heterocycles. The van der Waals surface area contributed by atoms with Gasteiger partial charge in [0.2, 0.25) is 0 Å². The Bertz CT molecular complexity index is 4170. The number of benzene rings is 1. The van der Waals surface area contributed by atoms with E-state index < -0.39 is 18.3 Å². The molecule has 28 nitrogen and oxygen atoms in total. The molecule has 6 amide bonds. The number of nitrogens with one attached hydrogen (secondary N) is 6. The van der Waals surface area contributed by atoms with Crippen LogP contribution in [-0.4, -0.2) is 156 Å². The zero-order chi connectivity index (χ0) is 66.7. The highest BCUT2D eigenvalue weighted by atomic mass is 16.6. The number of cyclic esters (lactones) is 3. The summed E-state index contributed by atoms with van der Waals surface area (Å²) in [5.74, 6) is 3.79. The fourth-order valence-electron chi connectivity index (χ4n) is 14.3. The molecule has 16 rings (SSSR count). The summed E-state index contributed by atoms with van der Waals surface area (Å²) in [6.07, 6.45) is 12.7. The fraction of sp³-hybridized carbons (Fsp3) is 0.435. The molecular formula is C69H72N16O12. The van der Waals surface area contributed by atoms with Crippen molar-refractivity contribution in [2.75, 3.05) is 89.7 Å². The normalized spacial score (nSPS) is 23.5. The summed E-state index contributed by atoms with van der Waals surface area (Å²) < 4.78 is 32.6. The molecule has 6 atom stereocenters. The molecule has 4 aliphatic carbocycles. The summed E-state index contributed by atoms with van der Waals surface area (Å²) in [5, 5.41) is 37.4. The highest BCUT2D eigenvalue weighted by Gasteiger charge is 2.45. The quantitative estimate of drug-likeness (QED) is 0.0456. The Morgan fingerprint density at radius 1 is 0.526 bits per heavy atom. The van der Waals surface area contributed by atoms with Crippen molar-refractivity contribution in [3.63, 3.8) is 0 Å². The largest absolute Gasteiger partial charge is 0.480 e. The van der Waals surface area contributed by atoms with Gasteiger partial charge < -0.3 is 60.3 Å². The van der Waals surface area contributed by atoms with Gasteiger partial charge in [-0.05, 0) is 198 Å². The predicted octanol–water partition coefficient (Wildman–Crippen LogP) is 5.91. The molecule has 5 aromatic heterocycles. The Morgan fingerprint density at radius 3 is 1.57 bits per heavy atom. The van der Waals surface area contributed by atoms with E-state index in [1.54, 1.807) is 42.6 Å². The molecule has 11 heterocycles. The Hall–Kier alpha value is -10.6. The first-order chi connectivity index (χ1) is 47.2. The number of aryl methyl sites for hydroxylation is 1. The van der Waals surface area contributed by atoms with E-state index in [9.17, 15) is 39.3 Å². The van der Waals surface area contributed by atoms with Crippen LogP contribution in [0.1, 0.15) is 88.9 Å². The molecule has 6 N–H and O–H groups in total. The summed E-state index contributed by atoms with van der Waals surface area (Å²) in [5.41, 5.74) is 9.97. The van der Waals surface area contributed by atoms with E-state index in [2.05, 4.69) is 88.0 Å². The summed E-state index contributed by atoms with van der Waals surface area (Å²) in [6.45, 7) is 5.87. The first-order valence-corrected chi connectivity index (χ1v) is 33.0. The van der Waals surface area contributed by atoms with Crippen molar-refractivity contribution in [1.29, 1.82) is 10.5 Å². The lowest BCUT2D eigenvalue weighted by molar-refractivity contribution is -0.119. The maximum absolute atomic E-state index is 12.5. The lowest BCUT2D eigenvalue weighted by Gasteiger charge is -2.38. The Kier molecular flexibility index (Phi) is 18.4. The minimum Gasteiger partial charge on any atom is -0.480 e. The van der Waals surface area contributed by atoms with Crippen molar-refractivity contribution in [3.8, 4) is 29.4 Å². The SMILES string of the molecule is Cc1nccc2c1CC(NCCCC1CN(c3ccc4c(n3)NC(=O)CO4)C(=O)O1)C2.N#Cc1cccc2c1CC(CN[C@H]1C[C@@H](C3CN(c4ccc5c(n4)NC(=O)CO5)C(=O)O3)C1)C2.N#Cc1nccc2c1CC(NCCCC1CN(c3ccc4c(n3)NC(=O)CO4)C(=O)O1)C2. The van der Waals surface area contributed by atoms with Crippen LogP contribution in [0.2, 0.25) is 0 Å². The summed E-state index contributed by atoms with van der Waals surface area (Å²) in [6, 6.07) is 25.9. The van der Waals surface area contributed by atoms with Crippen molar-refractivity contribution in [3.05, 3.63) is 129 Å². The molecule has 1 saturated carbocycles. The van der Waals surface area contributed by atoms with Crippen molar-refractivity contribution >= 4 is 70.9 Å². The number of amides is 6. The smallest absolute Gasteiger partial charge is 0.415 e. The number of pyridine rings is 5. The molecule has 28 heteroatoms. The van der Waals surface area contributed by atoms with E-state index in [1.807, 2.05) is 24.4 Å². The number of fused-ring (bicyclic) bond motifs is 6. The molecule has 4 fully saturated rings. The molecule has 1 aromatic carbocycles. The number of hydrogen-bond donors (Lipinski definition) is 6. The van der Waals surface area contributed by atoms with Gasteiger partial charge in [0.15, 0.2) is 54.5 Å². The van der Waals surface area contributed by atoms with E-state index in [0.29, 0.717) is 107 Å². The third-order valence-corrected chi connectivity index (χ3v) is 19.3. The van der Waals surface area contributed by atoms with Crippen molar-refractivity contribution in [1.82, 2.24) is 40.9 Å². The summed E-state index contributed by atoms with van der Waals surface area (Å²) in [4.78, 5) is 97.9. The molecule has 3 saturated heterocycles. The van der Waals surface area contributed by atoms with Crippen LogP contribution in [0.5, 0.6) is 17.2 Å². The summed E-state index contributed by atoms with van der Waals surface area (Å²) >= 11 is 0. The second-order valence-corrected chi connectivity index (χ2v) is 25.8. The Morgan fingerprint density at radius 2 is 1.03 bits per heavy atom. The molecule has 97 heavy (non-hydrogen) atoms. The molecule has 0 bridgehead atoms. The van der Waals surface area contributed by atoms with Gasteiger partial charge in [-0.15, -0.1) is 0 Å². The first kappa shape index (κ1) is 63.8. The van der Waals surface area contributed by atoms with Crippen LogP contribution in [0, 0.1) is 41.4 Å². The number of ether oxygens (including phenoxy) is 6. The number of nitrogens with zero attached hydrogens (tertiary/aromatic N) is 10.